The standard InChI is InChI=1S/C19H20FN5O/c1-13-19(26)23-17-10-14(9-16(20)18(17)22-13)12-24-5-7-25(8-6-24)15-3-2-4-21-11-15/h2-4,9-11H,5-8,12H2,1H3,(H,23,26). The van der Waals surface area contributed by atoms with Crippen molar-refractivity contribution in [2.45, 2.75) is 13.5 Å². The maximum absolute atomic E-state index is 14.4. The molecule has 0 unspecified atom stereocenters. The van der Waals surface area contributed by atoms with Crippen LogP contribution < -0.4 is 10.5 Å². The lowest BCUT2D eigenvalue weighted by atomic mass is 10.1. The van der Waals surface area contributed by atoms with E-state index in [1.807, 2.05) is 18.3 Å². The molecule has 1 N–H and O–H groups in total. The van der Waals surface area contributed by atoms with Crippen molar-refractivity contribution in [3.05, 3.63) is 64.1 Å². The number of hydrogen-bond donors (Lipinski definition) is 1. The summed E-state index contributed by atoms with van der Waals surface area (Å²) in [4.78, 5) is 27.3. The number of aromatic amines is 1. The molecule has 0 amide bonds. The van der Waals surface area contributed by atoms with Crippen LogP contribution in [0.4, 0.5) is 10.1 Å². The molecule has 0 aliphatic carbocycles. The zero-order chi connectivity index (χ0) is 18.1. The van der Waals surface area contributed by atoms with Crippen LogP contribution in [0.15, 0.2) is 41.5 Å². The van der Waals surface area contributed by atoms with Crippen molar-refractivity contribution in [2.24, 2.45) is 0 Å². The number of aromatic nitrogens is 3. The van der Waals surface area contributed by atoms with Gasteiger partial charge in [0.1, 0.15) is 11.2 Å². The van der Waals surface area contributed by atoms with E-state index in [1.165, 1.54) is 6.07 Å². The highest BCUT2D eigenvalue weighted by Gasteiger charge is 2.18. The summed E-state index contributed by atoms with van der Waals surface area (Å²) in [5.74, 6) is -0.397. The molecule has 7 heteroatoms. The second-order valence-electron chi connectivity index (χ2n) is 6.60. The maximum Gasteiger partial charge on any atom is 0.269 e. The Labute approximate surface area is 150 Å². The molecule has 0 bridgehead atoms. The van der Waals surface area contributed by atoms with Crippen molar-refractivity contribution in [2.75, 3.05) is 31.1 Å². The van der Waals surface area contributed by atoms with Crippen LogP contribution in [0, 0.1) is 12.7 Å². The Bertz CT molecular complexity index is 980. The molecular weight excluding hydrogens is 333 g/mol. The van der Waals surface area contributed by atoms with E-state index < -0.39 is 5.82 Å². The van der Waals surface area contributed by atoms with E-state index >= 15 is 0 Å². The normalized spacial score (nSPS) is 15.5. The van der Waals surface area contributed by atoms with Gasteiger partial charge >= 0.3 is 0 Å². The first-order valence-electron chi connectivity index (χ1n) is 8.66. The Hall–Kier alpha value is -2.80. The fourth-order valence-corrected chi connectivity index (χ4v) is 3.35. The predicted octanol–water partition coefficient (Wildman–Crippen LogP) is 2.09. The second-order valence-corrected chi connectivity index (χ2v) is 6.60. The summed E-state index contributed by atoms with van der Waals surface area (Å²) < 4.78 is 14.4. The van der Waals surface area contributed by atoms with Gasteiger partial charge in [-0.1, -0.05) is 0 Å². The number of halogens is 1. The van der Waals surface area contributed by atoms with Gasteiger partial charge < -0.3 is 9.88 Å². The lowest BCUT2D eigenvalue weighted by Crippen LogP contribution is -2.46. The number of H-pyrrole nitrogens is 1. The molecule has 0 atom stereocenters. The highest BCUT2D eigenvalue weighted by molar-refractivity contribution is 5.75. The Kier molecular flexibility index (Phi) is 4.38. The number of benzene rings is 1. The van der Waals surface area contributed by atoms with E-state index in [4.69, 9.17) is 0 Å². The van der Waals surface area contributed by atoms with Crippen molar-refractivity contribution >= 4 is 16.7 Å². The molecule has 134 valence electrons. The minimum Gasteiger partial charge on any atom is -0.368 e. The minimum absolute atomic E-state index is 0.215. The van der Waals surface area contributed by atoms with Crippen molar-refractivity contribution in [1.29, 1.82) is 0 Å². The molecular formula is C19H20FN5O. The molecule has 1 fully saturated rings. The molecule has 0 spiro atoms. The van der Waals surface area contributed by atoms with Crippen LogP contribution in [-0.2, 0) is 6.54 Å². The van der Waals surface area contributed by atoms with Crippen molar-refractivity contribution in [1.82, 2.24) is 19.9 Å². The Morgan fingerprint density at radius 1 is 1.23 bits per heavy atom. The Balaban J connectivity index is 1.48. The molecule has 1 saturated heterocycles. The van der Waals surface area contributed by atoms with Gasteiger partial charge in [-0.05, 0) is 36.8 Å². The number of piperazine rings is 1. The van der Waals surface area contributed by atoms with E-state index in [-0.39, 0.29) is 16.8 Å². The summed E-state index contributed by atoms with van der Waals surface area (Å²) in [6.45, 7) is 5.80. The number of anilines is 1. The molecule has 3 aromatic rings. The second kappa shape index (κ2) is 6.84. The molecule has 26 heavy (non-hydrogen) atoms. The third-order valence-electron chi connectivity index (χ3n) is 4.77. The summed E-state index contributed by atoms with van der Waals surface area (Å²) in [7, 11) is 0. The lowest BCUT2D eigenvalue weighted by Gasteiger charge is -2.36. The molecule has 6 nitrogen and oxygen atoms in total. The molecule has 4 rings (SSSR count). The van der Waals surface area contributed by atoms with Crippen molar-refractivity contribution in [3.63, 3.8) is 0 Å². The molecule has 0 radical (unpaired) electrons. The third kappa shape index (κ3) is 3.30. The number of hydrogen-bond acceptors (Lipinski definition) is 5. The van der Waals surface area contributed by atoms with Crippen molar-refractivity contribution < 1.29 is 4.39 Å². The Morgan fingerprint density at radius 2 is 2.04 bits per heavy atom. The van der Waals surface area contributed by atoms with Gasteiger partial charge in [-0.15, -0.1) is 0 Å². The average Bonchev–Trinajstić information content (AvgIpc) is 2.65. The molecule has 1 aromatic carbocycles. The number of nitrogens with zero attached hydrogens (tertiary/aromatic N) is 4. The number of pyridine rings is 1. The smallest absolute Gasteiger partial charge is 0.269 e. The van der Waals surface area contributed by atoms with E-state index in [0.29, 0.717) is 12.1 Å². The number of aryl methyl sites for hydroxylation is 1. The average molecular weight is 353 g/mol. The summed E-state index contributed by atoms with van der Waals surface area (Å²) >= 11 is 0. The van der Waals surface area contributed by atoms with Gasteiger partial charge in [0, 0.05) is 38.9 Å². The topological polar surface area (TPSA) is 65.1 Å². The van der Waals surface area contributed by atoms with Crippen LogP contribution in [0.25, 0.3) is 11.0 Å². The molecule has 3 heterocycles. The lowest BCUT2D eigenvalue weighted by molar-refractivity contribution is 0.249. The van der Waals surface area contributed by atoms with E-state index in [0.717, 1.165) is 37.4 Å². The van der Waals surface area contributed by atoms with Crippen LogP contribution >= 0.6 is 0 Å². The number of nitrogens with one attached hydrogen (secondary N) is 1. The maximum atomic E-state index is 14.4. The summed E-state index contributed by atoms with van der Waals surface area (Å²) in [5, 5.41) is 0. The van der Waals surface area contributed by atoms with Gasteiger partial charge in [-0.3, -0.25) is 14.7 Å². The van der Waals surface area contributed by atoms with Gasteiger partial charge in [0.15, 0.2) is 5.82 Å². The SMILES string of the molecule is Cc1nc2c(F)cc(CN3CCN(c4cccnc4)CC3)cc2[nH]c1=O. The van der Waals surface area contributed by atoms with Crippen LogP contribution in [0.3, 0.4) is 0 Å². The van der Waals surface area contributed by atoms with E-state index in [1.54, 1.807) is 13.1 Å². The van der Waals surface area contributed by atoms with Crippen LogP contribution in [0.5, 0.6) is 0 Å². The first-order valence-corrected chi connectivity index (χ1v) is 8.66. The van der Waals surface area contributed by atoms with Gasteiger partial charge in [-0.2, -0.15) is 0 Å². The first kappa shape index (κ1) is 16.7. The number of fused-ring (bicyclic) bond motifs is 1. The summed E-state index contributed by atoms with van der Waals surface area (Å²) in [5.41, 5.74) is 2.63. The molecule has 2 aromatic heterocycles. The van der Waals surface area contributed by atoms with Gasteiger partial charge in [0.05, 0.1) is 17.4 Å². The molecule has 0 saturated carbocycles. The Morgan fingerprint density at radius 3 is 2.77 bits per heavy atom. The first-order chi connectivity index (χ1) is 12.6. The summed E-state index contributed by atoms with van der Waals surface area (Å²) in [6.07, 6.45) is 3.65. The monoisotopic (exact) mass is 353 g/mol. The highest BCUT2D eigenvalue weighted by Crippen LogP contribution is 2.19. The largest absolute Gasteiger partial charge is 0.368 e. The van der Waals surface area contributed by atoms with Gasteiger partial charge in [0.25, 0.3) is 5.56 Å². The van der Waals surface area contributed by atoms with Gasteiger partial charge in [-0.25, -0.2) is 9.37 Å². The predicted molar refractivity (Wildman–Crippen MR) is 98.8 cm³/mol. The number of rotatable bonds is 3. The van der Waals surface area contributed by atoms with Crippen LogP contribution in [0.2, 0.25) is 0 Å². The minimum atomic E-state index is -0.397. The molecule has 1 aliphatic rings. The van der Waals surface area contributed by atoms with Crippen LogP contribution in [-0.4, -0.2) is 46.0 Å². The van der Waals surface area contributed by atoms with Crippen molar-refractivity contribution in [3.8, 4) is 0 Å². The quantitative estimate of drug-likeness (QED) is 0.781. The zero-order valence-electron chi connectivity index (χ0n) is 14.6. The van der Waals surface area contributed by atoms with Crippen LogP contribution in [0.1, 0.15) is 11.3 Å². The van der Waals surface area contributed by atoms with E-state index in [2.05, 4.69) is 30.8 Å². The third-order valence-corrected chi connectivity index (χ3v) is 4.77. The summed E-state index contributed by atoms with van der Waals surface area (Å²) in [6, 6.07) is 7.34. The molecule has 1 aliphatic heterocycles. The fourth-order valence-electron chi connectivity index (χ4n) is 3.35. The van der Waals surface area contributed by atoms with E-state index in [9.17, 15) is 9.18 Å². The fraction of sp³-hybridized carbons (Fsp3) is 0.316. The van der Waals surface area contributed by atoms with Gasteiger partial charge in [0.2, 0.25) is 0 Å². The highest BCUT2D eigenvalue weighted by atomic mass is 19.1. The zero-order valence-corrected chi connectivity index (χ0v) is 14.6.